The van der Waals surface area contributed by atoms with E-state index in [2.05, 4.69) is 0 Å². The topological polar surface area (TPSA) is 0 Å². The van der Waals surface area contributed by atoms with E-state index in [1.807, 2.05) is 56.3 Å². The molecule has 0 atom stereocenters. The molecule has 0 spiro atoms. The van der Waals surface area contributed by atoms with Crippen molar-refractivity contribution in [3.05, 3.63) is 70.8 Å². The molecule has 0 saturated carbocycles. The Labute approximate surface area is 113 Å². The monoisotopic (exact) mass is 260 g/mol. The highest BCUT2D eigenvalue weighted by Gasteiger charge is 2.34. The Morgan fingerprint density at radius 3 is 1.95 bits per heavy atom. The molecule has 0 amide bonds. The SMILES string of the molecule is Cc1ccc(C(CF)(CF)c2cccc(C)c2)cc1. The Kier molecular flexibility index (Phi) is 3.98. The van der Waals surface area contributed by atoms with Crippen molar-refractivity contribution in [3.8, 4) is 0 Å². The molecule has 2 rings (SSSR count). The molecule has 0 aliphatic rings. The van der Waals surface area contributed by atoms with E-state index in [0.717, 1.165) is 11.1 Å². The third kappa shape index (κ3) is 2.53. The second kappa shape index (κ2) is 5.52. The molecular formula is C17H18F2. The molecule has 100 valence electrons. The summed E-state index contributed by atoms with van der Waals surface area (Å²) in [4.78, 5) is 0. The predicted octanol–water partition coefficient (Wildman–Crippen LogP) is 4.53. The van der Waals surface area contributed by atoms with Gasteiger partial charge in [-0.15, -0.1) is 0 Å². The average molecular weight is 260 g/mol. The molecule has 0 fully saturated rings. The second-order valence-electron chi connectivity index (χ2n) is 5.08. The highest BCUT2D eigenvalue weighted by Crippen LogP contribution is 2.34. The van der Waals surface area contributed by atoms with Gasteiger partial charge in [-0.1, -0.05) is 59.7 Å². The van der Waals surface area contributed by atoms with Crippen LogP contribution in [0.15, 0.2) is 48.5 Å². The van der Waals surface area contributed by atoms with Crippen molar-refractivity contribution >= 4 is 0 Å². The smallest absolute Gasteiger partial charge is 0.106 e. The van der Waals surface area contributed by atoms with Crippen LogP contribution in [0.2, 0.25) is 0 Å². The minimum atomic E-state index is -1.18. The van der Waals surface area contributed by atoms with Gasteiger partial charge in [0.05, 0.1) is 5.41 Å². The fraction of sp³-hybridized carbons (Fsp3) is 0.294. The average Bonchev–Trinajstić information content (AvgIpc) is 2.43. The maximum absolute atomic E-state index is 13.7. The van der Waals surface area contributed by atoms with Crippen molar-refractivity contribution in [2.75, 3.05) is 13.3 Å². The number of rotatable bonds is 4. The zero-order valence-corrected chi connectivity index (χ0v) is 11.3. The van der Waals surface area contributed by atoms with E-state index in [1.165, 1.54) is 0 Å². The predicted molar refractivity (Wildman–Crippen MR) is 75.1 cm³/mol. The fourth-order valence-corrected chi connectivity index (χ4v) is 2.33. The van der Waals surface area contributed by atoms with Crippen molar-refractivity contribution in [1.82, 2.24) is 0 Å². The first kappa shape index (κ1) is 13.7. The van der Waals surface area contributed by atoms with Crippen LogP contribution in [0.3, 0.4) is 0 Å². The van der Waals surface area contributed by atoms with Gasteiger partial charge in [-0.25, -0.2) is 8.78 Å². The molecule has 0 nitrogen and oxygen atoms in total. The van der Waals surface area contributed by atoms with Gasteiger partial charge in [0.1, 0.15) is 13.3 Å². The largest absolute Gasteiger partial charge is 0.250 e. The van der Waals surface area contributed by atoms with Crippen molar-refractivity contribution in [1.29, 1.82) is 0 Å². The maximum atomic E-state index is 13.7. The molecule has 0 unspecified atom stereocenters. The van der Waals surface area contributed by atoms with Gasteiger partial charge in [0.25, 0.3) is 0 Å². The lowest BCUT2D eigenvalue weighted by molar-refractivity contribution is 0.279. The normalized spacial score (nSPS) is 11.6. The van der Waals surface area contributed by atoms with Crippen LogP contribution >= 0.6 is 0 Å². The van der Waals surface area contributed by atoms with Gasteiger partial charge in [-0.05, 0) is 25.0 Å². The van der Waals surface area contributed by atoms with Gasteiger partial charge >= 0.3 is 0 Å². The van der Waals surface area contributed by atoms with E-state index in [0.29, 0.717) is 11.1 Å². The Morgan fingerprint density at radius 2 is 1.42 bits per heavy atom. The summed E-state index contributed by atoms with van der Waals surface area (Å²) >= 11 is 0. The zero-order chi connectivity index (χ0) is 13.9. The number of hydrogen-bond acceptors (Lipinski definition) is 0. The number of benzene rings is 2. The Hall–Kier alpha value is -1.70. The number of hydrogen-bond donors (Lipinski definition) is 0. The number of halogens is 2. The molecule has 0 bridgehead atoms. The molecule has 0 N–H and O–H groups in total. The van der Waals surface area contributed by atoms with Gasteiger partial charge in [0.2, 0.25) is 0 Å². The van der Waals surface area contributed by atoms with Gasteiger partial charge in [-0.2, -0.15) is 0 Å². The van der Waals surface area contributed by atoms with Gasteiger partial charge < -0.3 is 0 Å². The summed E-state index contributed by atoms with van der Waals surface area (Å²) in [5.74, 6) is 0. The van der Waals surface area contributed by atoms with Crippen LogP contribution in [0, 0.1) is 13.8 Å². The van der Waals surface area contributed by atoms with Crippen LogP contribution < -0.4 is 0 Å². The first-order valence-corrected chi connectivity index (χ1v) is 6.38. The highest BCUT2D eigenvalue weighted by molar-refractivity contribution is 5.42. The Bertz CT molecular complexity index is 539. The molecule has 0 aliphatic carbocycles. The minimum Gasteiger partial charge on any atom is -0.250 e. The first-order chi connectivity index (χ1) is 9.12. The van der Waals surface area contributed by atoms with E-state index in [9.17, 15) is 8.78 Å². The quantitative estimate of drug-likeness (QED) is 0.757. The lowest BCUT2D eigenvalue weighted by atomic mass is 9.76. The summed E-state index contributed by atoms with van der Waals surface area (Å²) in [7, 11) is 0. The standard InChI is InChI=1S/C17H18F2/c1-13-6-8-15(9-7-13)17(11-18,12-19)16-5-3-4-14(2)10-16/h3-10H,11-12H2,1-2H3. The maximum Gasteiger partial charge on any atom is 0.106 e. The molecule has 2 heteroatoms. The van der Waals surface area contributed by atoms with Crippen molar-refractivity contribution < 1.29 is 8.78 Å². The molecule has 0 aliphatic heterocycles. The van der Waals surface area contributed by atoms with Gasteiger partial charge in [0, 0.05) is 0 Å². The second-order valence-corrected chi connectivity index (χ2v) is 5.08. The Morgan fingerprint density at radius 1 is 0.789 bits per heavy atom. The molecular weight excluding hydrogens is 242 g/mol. The summed E-state index contributed by atoms with van der Waals surface area (Å²) in [6, 6.07) is 14.9. The molecule has 19 heavy (non-hydrogen) atoms. The third-order valence-electron chi connectivity index (χ3n) is 3.63. The van der Waals surface area contributed by atoms with Crippen molar-refractivity contribution in [2.24, 2.45) is 0 Å². The molecule has 2 aromatic carbocycles. The van der Waals surface area contributed by atoms with E-state index in [-0.39, 0.29) is 0 Å². The van der Waals surface area contributed by atoms with Crippen LogP contribution in [0.1, 0.15) is 22.3 Å². The van der Waals surface area contributed by atoms with E-state index in [4.69, 9.17) is 0 Å². The molecule has 2 aromatic rings. The van der Waals surface area contributed by atoms with Gasteiger partial charge in [-0.3, -0.25) is 0 Å². The molecule has 0 aromatic heterocycles. The van der Waals surface area contributed by atoms with Gasteiger partial charge in [0.15, 0.2) is 0 Å². The zero-order valence-electron chi connectivity index (χ0n) is 11.3. The summed E-state index contributed by atoms with van der Waals surface area (Å²) in [6.07, 6.45) is 0. The first-order valence-electron chi connectivity index (χ1n) is 6.38. The minimum absolute atomic E-state index is 0.689. The summed E-state index contributed by atoms with van der Waals surface area (Å²) in [6.45, 7) is 2.41. The molecule has 0 heterocycles. The molecule has 0 radical (unpaired) electrons. The lowest BCUT2D eigenvalue weighted by Crippen LogP contribution is -2.33. The number of alkyl halides is 2. The van der Waals surface area contributed by atoms with Crippen LogP contribution in [0.5, 0.6) is 0 Å². The van der Waals surface area contributed by atoms with Crippen LogP contribution in [0.4, 0.5) is 8.78 Å². The van der Waals surface area contributed by atoms with Crippen molar-refractivity contribution in [2.45, 2.75) is 19.3 Å². The van der Waals surface area contributed by atoms with Crippen LogP contribution in [-0.2, 0) is 5.41 Å². The van der Waals surface area contributed by atoms with Crippen LogP contribution in [0.25, 0.3) is 0 Å². The fourth-order valence-electron chi connectivity index (χ4n) is 2.33. The van der Waals surface area contributed by atoms with Crippen LogP contribution in [-0.4, -0.2) is 13.3 Å². The summed E-state index contributed by atoms with van der Waals surface area (Å²) in [5.41, 5.74) is 2.30. The Balaban J connectivity index is 2.57. The van der Waals surface area contributed by atoms with E-state index >= 15 is 0 Å². The summed E-state index contributed by atoms with van der Waals surface area (Å²) < 4.78 is 27.4. The number of aryl methyl sites for hydroxylation is 2. The third-order valence-corrected chi connectivity index (χ3v) is 3.63. The van der Waals surface area contributed by atoms with E-state index < -0.39 is 18.8 Å². The lowest BCUT2D eigenvalue weighted by Gasteiger charge is -2.29. The van der Waals surface area contributed by atoms with Crippen molar-refractivity contribution in [3.63, 3.8) is 0 Å². The summed E-state index contributed by atoms with van der Waals surface area (Å²) in [5, 5.41) is 0. The highest BCUT2D eigenvalue weighted by atomic mass is 19.1. The molecule has 0 saturated heterocycles. The van der Waals surface area contributed by atoms with E-state index in [1.54, 1.807) is 6.07 Å².